The second kappa shape index (κ2) is 4.92. The monoisotopic (exact) mass is 221 g/mol. The smallest absolute Gasteiger partial charge is 0.356 e. The number of hydrogen-bond donors (Lipinski definition) is 2. The molecule has 1 aliphatic carbocycles. The lowest BCUT2D eigenvalue weighted by Crippen LogP contribution is -2.06. The van der Waals surface area contributed by atoms with Gasteiger partial charge in [-0.2, -0.15) is 0 Å². The molecule has 2 rings (SSSR count). The van der Waals surface area contributed by atoms with Crippen molar-refractivity contribution in [2.75, 3.05) is 11.9 Å². The molecule has 1 fully saturated rings. The highest BCUT2D eigenvalue weighted by Gasteiger charge is 2.19. The SMILES string of the molecule is O=C(O)c1cnc(NCCCC2CC2)cn1. The molecule has 16 heavy (non-hydrogen) atoms. The lowest BCUT2D eigenvalue weighted by atomic mass is 10.2. The molecule has 0 atom stereocenters. The van der Waals surface area contributed by atoms with E-state index in [1.807, 2.05) is 0 Å². The molecule has 86 valence electrons. The van der Waals surface area contributed by atoms with E-state index in [9.17, 15) is 4.79 Å². The summed E-state index contributed by atoms with van der Waals surface area (Å²) in [5.41, 5.74) is -0.0245. The van der Waals surface area contributed by atoms with Crippen molar-refractivity contribution in [3.63, 3.8) is 0 Å². The minimum Gasteiger partial charge on any atom is -0.476 e. The van der Waals surface area contributed by atoms with Gasteiger partial charge in [-0.25, -0.2) is 14.8 Å². The molecule has 1 saturated carbocycles. The van der Waals surface area contributed by atoms with E-state index >= 15 is 0 Å². The average molecular weight is 221 g/mol. The fourth-order valence-corrected chi connectivity index (χ4v) is 1.54. The Balaban J connectivity index is 1.73. The van der Waals surface area contributed by atoms with Gasteiger partial charge in [-0.1, -0.05) is 12.8 Å². The molecule has 0 bridgehead atoms. The molecule has 0 aromatic carbocycles. The van der Waals surface area contributed by atoms with Crippen molar-refractivity contribution in [2.24, 2.45) is 5.92 Å². The van der Waals surface area contributed by atoms with Gasteiger partial charge in [-0.15, -0.1) is 0 Å². The molecule has 5 nitrogen and oxygen atoms in total. The Morgan fingerprint density at radius 2 is 2.25 bits per heavy atom. The topological polar surface area (TPSA) is 75.1 Å². The first-order chi connectivity index (χ1) is 7.75. The third-order valence-corrected chi connectivity index (χ3v) is 2.66. The summed E-state index contributed by atoms with van der Waals surface area (Å²) in [6, 6.07) is 0. The Morgan fingerprint density at radius 1 is 1.44 bits per heavy atom. The van der Waals surface area contributed by atoms with Crippen LogP contribution in [0.3, 0.4) is 0 Å². The summed E-state index contributed by atoms with van der Waals surface area (Å²) in [6.45, 7) is 0.873. The molecule has 0 radical (unpaired) electrons. The zero-order valence-corrected chi connectivity index (χ0v) is 9.02. The Bertz CT molecular complexity index is 360. The molecule has 1 aromatic rings. The first-order valence-corrected chi connectivity index (χ1v) is 5.55. The normalized spacial score (nSPS) is 14.8. The molecule has 2 N–H and O–H groups in total. The van der Waals surface area contributed by atoms with Crippen LogP contribution in [-0.4, -0.2) is 27.6 Å². The highest BCUT2D eigenvalue weighted by atomic mass is 16.4. The van der Waals surface area contributed by atoms with Gasteiger partial charge in [0.25, 0.3) is 0 Å². The van der Waals surface area contributed by atoms with E-state index in [2.05, 4.69) is 15.3 Å². The van der Waals surface area contributed by atoms with Crippen LogP contribution in [0, 0.1) is 5.92 Å². The number of carboxylic acid groups (broad SMARTS) is 1. The second-order valence-electron chi connectivity index (χ2n) is 4.10. The number of carboxylic acids is 1. The van der Waals surface area contributed by atoms with Crippen LogP contribution in [0.2, 0.25) is 0 Å². The van der Waals surface area contributed by atoms with E-state index in [4.69, 9.17) is 5.11 Å². The number of nitrogens with one attached hydrogen (secondary N) is 1. The summed E-state index contributed by atoms with van der Waals surface area (Å²) in [5.74, 6) is 0.538. The molecule has 0 saturated heterocycles. The number of carbonyl (C=O) groups is 1. The Kier molecular flexibility index (Phi) is 3.34. The largest absolute Gasteiger partial charge is 0.476 e. The van der Waals surface area contributed by atoms with Gasteiger partial charge in [-0.05, 0) is 18.8 Å². The molecule has 1 heterocycles. The van der Waals surface area contributed by atoms with Crippen LogP contribution in [0.1, 0.15) is 36.2 Å². The van der Waals surface area contributed by atoms with Gasteiger partial charge in [0.2, 0.25) is 0 Å². The number of aromatic carboxylic acids is 1. The fraction of sp³-hybridized carbons (Fsp3) is 0.545. The van der Waals surface area contributed by atoms with E-state index in [0.29, 0.717) is 5.82 Å². The van der Waals surface area contributed by atoms with E-state index in [-0.39, 0.29) is 5.69 Å². The van der Waals surface area contributed by atoms with Crippen molar-refractivity contribution in [3.8, 4) is 0 Å². The van der Waals surface area contributed by atoms with Crippen LogP contribution in [0.25, 0.3) is 0 Å². The predicted molar refractivity (Wildman–Crippen MR) is 59.4 cm³/mol. The molecule has 0 aliphatic heterocycles. The molecule has 1 aliphatic rings. The van der Waals surface area contributed by atoms with Crippen molar-refractivity contribution >= 4 is 11.8 Å². The predicted octanol–water partition coefficient (Wildman–Crippen LogP) is 1.78. The van der Waals surface area contributed by atoms with E-state index in [1.54, 1.807) is 0 Å². The van der Waals surface area contributed by atoms with Gasteiger partial charge in [0.05, 0.1) is 12.4 Å². The number of anilines is 1. The molecule has 0 unspecified atom stereocenters. The first-order valence-electron chi connectivity index (χ1n) is 5.55. The minimum absolute atomic E-state index is 0.0245. The maximum absolute atomic E-state index is 10.5. The minimum atomic E-state index is -1.05. The van der Waals surface area contributed by atoms with Gasteiger partial charge in [0.15, 0.2) is 5.69 Å². The highest BCUT2D eigenvalue weighted by molar-refractivity contribution is 5.84. The summed E-state index contributed by atoms with van der Waals surface area (Å²) in [4.78, 5) is 18.3. The molecule has 1 aromatic heterocycles. The third-order valence-electron chi connectivity index (χ3n) is 2.66. The molecule has 0 spiro atoms. The zero-order chi connectivity index (χ0) is 11.4. The van der Waals surface area contributed by atoms with Crippen LogP contribution >= 0.6 is 0 Å². The standard InChI is InChI=1S/C11H15N3O2/c15-11(16)9-6-14-10(7-13-9)12-5-1-2-8-3-4-8/h6-8H,1-5H2,(H,12,14)(H,15,16). The molecular formula is C11H15N3O2. The second-order valence-corrected chi connectivity index (χ2v) is 4.10. The summed E-state index contributed by atoms with van der Waals surface area (Å²) < 4.78 is 0. The summed E-state index contributed by atoms with van der Waals surface area (Å²) in [7, 11) is 0. The quantitative estimate of drug-likeness (QED) is 0.716. The van der Waals surface area contributed by atoms with Gasteiger partial charge in [0.1, 0.15) is 5.82 Å². The first kappa shape index (κ1) is 10.9. The summed E-state index contributed by atoms with van der Waals surface area (Å²) in [5, 5.41) is 11.8. The van der Waals surface area contributed by atoms with Crippen molar-refractivity contribution in [2.45, 2.75) is 25.7 Å². The lowest BCUT2D eigenvalue weighted by molar-refractivity contribution is 0.0690. The lowest BCUT2D eigenvalue weighted by Gasteiger charge is -2.04. The fourth-order valence-electron chi connectivity index (χ4n) is 1.54. The van der Waals surface area contributed by atoms with Crippen molar-refractivity contribution in [3.05, 3.63) is 18.1 Å². The molecular weight excluding hydrogens is 206 g/mol. The summed E-state index contributed by atoms with van der Waals surface area (Å²) >= 11 is 0. The van der Waals surface area contributed by atoms with Crippen molar-refractivity contribution < 1.29 is 9.90 Å². The number of rotatable bonds is 6. The molecule has 0 amide bonds. The van der Waals surface area contributed by atoms with Crippen LogP contribution in [0.4, 0.5) is 5.82 Å². The highest BCUT2D eigenvalue weighted by Crippen LogP contribution is 2.33. The Hall–Kier alpha value is -1.65. The maximum atomic E-state index is 10.5. The van der Waals surface area contributed by atoms with Gasteiger partial charge in [0, 0.05) is 6.54 Å². The van der Waals surface area contributed by atoms with Gasteiger partial charge >= 0.3 is 5.97 Å². The number of nitrogens with zero attached hydrogens (tertiary/aromatic N) is 2. The van der Waals surface area contributed by atoms with Crippen LogP contribution in [0.5, 0.6) is 0 Å². The summed E-state index contributed by atoms with van der Waals surface area (Å²) in [6.07, 6.45) is 7.90. The Labute approximate surface area is 93.9 Å². The van der Waals surface area contributed by atoms with Crippen LogP contribution in [0.15, 0.2) is 12.4 Å². The third kappa shape index (κ3) is 3.18. The van der Waals surface area contributed by atoms with Crippen LogP contribution < -0.4 is 5.32 Å². The van der Waals surface area contributed by atoms with Crippen LogP contribution in [-0.2, 0) is 0 Å². The Morgan fingerprint density at radius 3 is 2.81 bits per heavy atom. The number of aromatic nitrogens is 2. The molecule has 5 heteroatoms. The van der Waals surface area contributed by atoms with Crippen molar-refractivity contribution in [1.29, 1.82) is 0 Å². The van der Waals surface area contributed by atoms with E-state index < -0.39 is 5.97 Å². The zero-order valence-electron chi connectivity index (χ0n) is 9.02. The van der Waals surface area contributed by atoms with Gasteiger partial charge in [-0.3, -0.25) is 0 Å². The maximum Gasteiger partial charge on any atom is 0.356 e. The average Bonchev–Trinajstić information content (AvgIpc) is 3.09. The van der Waals surface area contributed by atoms with E-state index in [0.717, 1.165) is 18.9 Å². The number of hydrogen-bond acceptors (Lipinski definition) is 4. The van der Waals surface area contributed by atoms with Gasteiger partial charge < -0.3 is 10.4 Å². The van der Waals surface area contributed by atoms with Crippen molar-refractivity contribution in [1.82, 2.24) is 9.97 Å². The van der Waals surface area contributed by atoms with E-state index in [1.165, 1.54) is 31.7 Å².